The van der Waals surface area contributed by atoms with Crippen LogP contribution in [0.25, 0.3) is 0 Å². The number of fused-ring (bicyclic) bond motifs is 1. The summed E-state index contributed by atoms with van der Waals surface area (Å²) in [7, 11) is 0. The van der Waals surface area contributed by atoms with Gasteiger partial charge in [0.1, 0.15) is 5.75 Å². The molecule has 0 radical (unpaired) electrons. The van der Waals surface area contributed by atoms with Gasteiger partial charge in [0.25, 0.3) is 0 Å². The smallest absolute Gasteiger partial charge is 0.124 e. The van der Waals surface area contributed by atoms with E-state index in [0.717, 1.165) is 28.9 Å². The van der Waals surface area contributed by atoms with E-state index >= 15 is 0 Å². The van der Waals surface area contributed by atoms with Gasteiger partial charge in [-0.2, -0.15) is 5.10 Å². The highest BCUT2D eigenvalue weighted by Crippen LogP contribution is 2.35. The van der Waals surface area contributed by atoms with Crippen LogP contribution in [-0.2, 0) is 0 Å². The number of hydrogen-bond acceptors (Lipinski definition) is 3. The molecule has 3 rings (SSSR count). The molecule has 1 unspecified atom stereocenters. The predicted molar refractivity (Wildman–Crippen MR) is 69.2 cm³/mol. The van der Waals surface area contributed by atoms with Gasteiger partial charge in [0.2, 0.25) is 0 Å². The largest absolute Gasteiger partial charge is 0.493 e. The monoisotopic (exact) mass is 293 g/mol. The molecule has 1 aliphatic heterocycles. The van der Waals surface area contributed by atoms with Crippen LogP contribution >= 0.6 is 15.9 Å². The van der Waals surface area contributed by atoms with Crippen molar-refractivity contribution >= 4 is 21.6 Å². The number of anilines is 1. The van der Waals surface area contributed by atoms with E-state index < -0.39 is 0 Å². The van der Waals surface area contributed by atoms with Gasteiger partial charge in [0.05, 0.1) is 24.5 Å². The van der Waals surface area contributed by atoms with E-state index in [2.05, 4.69) is 37.5 Å². The molecule has 0 spiro atoms. The summed E-state index contributed by atoms with van der Waals surface area (Å²) in [6.45, 7) is 0.740. The zero-order valence-corrected chi connectivity index (χ0v) is 10.7. The average Bonchev–Trinajstić information content (AvgIpc) is 2.83. The van der Waals surface area contributed by atoms with Gasteiger partial charge >= 0.3 is 0 Å². The van der Waals surface area contributed by atoms with Crippen LogP contribution in [0, 0.1) is 0 Å². The van der Waals surface area contributed by atoms with E-state index in [4.69, 9.17) is 4.74 Å². The molecule has 17 heavy (non-hydrogen) atoms. The van der Waals surface area contributed by atoms with E-state index in [1.54, 1.807) is 6.20 Å². The maximum atomic E-state index is 5.64. The summed E-state index contributed by atoms with van der Waals surface area (Å²) in [6, 6.07) is 6.38. The van der Waals surface area contributed by atoms with Crippen LogP contribution in [0.4, 0.5) is 5.69 Å². The van der Waals surface area contributed by atoms with Crippen molar-refractivity contribution < 1.29 is 4.74 Å². The predicted octanol–water partition coefficient (Wildman–Crippen LogP) is 3.11. The van der Waals surface area contributed by atoms with Gasteiger partial charge in [0, 0.05) is 22.7 Å². The summed E-state index contributed by atoms with van der Waals surface area (Å²) < 4.78 is 6.71. The van der Waals surface area contributed by atoms with E-state index in [-0.39, 0.29) is 6.04 Å². The van der Waals surface area contributed by atoms with Crippen LogP contribution in [0.15, 0.2) is 35.1 Å². The minimum atomic E-state index is 0.272. The molecule has 2 N–H and O–H groups in total. The van der Waals surface area contributed by atoms with Crippen molar-refractivity contribution in [2.24, 2.45) is 0 Å². The highest BCUT2D eigenvalue weighted by molar-refractivity contribution is 9.10. The molecular formula is C12H12BrN3O. The highest BCUT2D eigenvalue weighted by Gasteiger charge is 2.21. The molecule has 1 aromatic heterocycles. The van der Waals surface area contributed by atoms with Gasteiger partial charge in [-0.1, -0.05) is 15.9 Å². The Kier molecular flexibility index (Phi) is 2.76. The third kappa shape index (κ3) is 2.15. The summed E-state index contributed by atoms with van der Waals surface area (Å²) in [5.41, 5.74) is 2.19. The van der Waals surface area contributed by atoms with Crippen LogP contribution in [0.5, 0.6) is 5.75 Å². The maximum Gasteiger partial charge on any atom is 0.124 e. The number of ether oxygens (including phenoxy) is 1. The van der Waals surface area contributed by atoms with Crippen LogP contribution in [0.1, 0.15) is 18.0 Å². The molecule has 0 saturated carbocycles. The second-order valence-corrected chi connectivity index (χ2v) is 4.92. The third-order valence-electron chi connectivity index (χ3n) is 2.85. The Bertz CT molecular complexity index is 512. The molecule has 0 fully saturated rings. The number of H-pyrrole nitrogens is 1. The lowest BCUT2D eigenvalue weighted by Crippen LogP contribution is -2.20. The molecule has 2 heterocycles. The lowest BCUT2D eigenvalue weighted by Gasteiger charge is -2.27. The van der Waals surface area contributed by atoms with E-state index in [1.807, 2.05) is 18.3 Å². The van der Waals surface area contributed by atoms with Crippen molar-refractivity contribution in [2.45, 2.75) is 12.5 Å². The van der Waals surface area contributed by atoms with Crippen LogP contribution < -0.4 is 10.1 Å². The summed E-state index contributed by atoms with van der Waals surface area (Å²) in [5.74, 6) is 0.959. The minimum absolute atomic E-state index is 0.272. The molecule has 0 amide bonds. The zero-order chi connectivity index (χ0) is 11.7. The first-order valence-corrected chi connectivity index (χ1v) is 6.30. The van der Waals surface area contributed by atoms with E-state index in [1.165, 1.54) is 5.56 Å². The number of nitrogens with zero attached hydrogens (tertiary/aromatic N) is 1. The van der Waals surface area contributed by atoms with Crippen LogP contribution in [-0.4, -0.2) is 16.8 Å². The number of hydrogen-bond donors (Lipinski definition) is 2. The summed E-state index contributed by atoms with van der Waals surface area (Å²) >= 11 is 3.49. The fourth-order valence-electron chi connectivity index (χ4n) is 2.05. The topological polar surface area (TPSA) is 49.9 Å². The quantitative estimate of drug-likeness (QED) is 0.894. The number of aromatic nitrogens is 2. The van der Waals surface area contributed by atoms with Gasteiger partial charge in [-0.3, -0.25) is 5.10 Å². The Hall–Kier alpha value is -1.49. The molecule has 2 aromatic rings. The first kappa shape index (κ1) is 10.7. The van der Waals surface area contributed by atoms with Crippen molar-refractivity contribution in [2.75, 3.05) is 11.9 Å². The Morgan fingerprint density at radius 2 is 2.41 bits per heavy atom. The molecule has 5 heteroatoms. The first-order chi connectivity index (χ1) is 8.33. The van der Waals surface area contributed by atoms with Crippen LogP contribution in [0.2, 0.25) is 0 Å². The Balaban J connectivity index is 1.90. The second kappa shape index (κ2) is 4.41. The summed E-state index contributed by atoms with van der Waals surface area (Å²) in [6.07, 6.45) is 4.59. The highest BCUT2D eigenvalue weighted by atomic mass is 79.9. The molecule has 0 saturated heterocycles. The third-order valence-corrected chi connectivity index (χ3v) is 3.34. The standard InChI is InChI=1S/C12H12BrN3O/c13-8-1-2-12-10(5-8)11(3-4-17-12)16-9-6-14-15-7-9/h1-2,5-7,11,16H,3-4H2,(H,14,15). The number of nitrogens with one attached hydrogen (secondary N) is 2. The molecule has 1 aromatic carbocycles. The van der Waals surface area contributed by atoms with Crippen LogP contribution in [0.3, 0.4) is 0 Å². The molecule has 1 aliphatic rings. The second-order valence-electron chi connectivity index (χ2n) is 4.00. The van der Waals surface area contributed by atoms with Crippen molar-refractivity contribution in [1.29, 1.82) is 0 Å². The van der Waals surface area contributed by atoms with Crippen molar-refractivity contribution in [1.82, 2.24) is 10.2 Å². The lowest BCUT2D eigenvalue weighted by molar-refractivity contribution is 0.274. The van der Waals surface area contributed by atoms with Gasteiger partial charge < -0.3 is 10.1 Å². The average molecular weight is 294 g/mol. The van der Waals surface area contributed by atoms with Gasteiger partial charge in [-0.15, -0.1) is 0 Å². The minimum Gasteiger partial charge on any atom is -0.493 e. The molecule has 4 nitrogen and oxygen atoms in total. The molecule has 88 valence electrons. The normalized spacial score (nSPS) is 18.3. The molecule has 0 aliphatic carbocycles. The van der Waals surface area contributed by atoms with Gasteiger partial charge in [-0.05, 0) is 18.2 Å². The molecule has 0 bridgehead atoms. The summed E-state index contributed by atoms with van der Waals surface area (Å²) in [4.78, 5) is 0. The van der Waals surface area contributed by atoms with E-state index in [0.29, 0.717) is 0 Å². The Morgan fingerprint density at radius 3 is 3.24 bits per heavy atom. The fourth-order valence-corrected chi connectivity index (χ4v) is 2.43. The maximum absolute atomic E-state index is 5.64. The lowest BCUT2D eigenvalue weighted by atomic mass is 10.0. The molecular weight excluding hydrogens is 282 g/mol. The number of rotatable bonds is 2. The van der Waals surface area contributed by atoms with Gasteiger partial charge in [0.15, 0.2) is 0 Å². The fraction of sp³-hybridized carbons (Fsp3) is 0.250. The van der Waals surface area contributed by atoms with E-state index in [9.17, 15) is 0 Å². The number of benzene rings is 1. The Labute approximate surface area is 108 Å². The Morgan fingerprint density at radius 1 is 1.47 bits per heavy atom. The van der Waals surface area contributed by atoms with Crippen molar-refractivity contribution in [3.63, 3.8) is 0 Å². The van der Waals surface area contributed by atoms with Gasteiger partial charge in [-0.25, -0.2) is 0 Å². The summed E-state index contributed by atoms with van der Waals surface area (Å²) in [5, 5.41) is 10.2. The number of aromatic amines is 1. The van der Waals surface area contributed by atoms with Crippen molar-refractivity contribution in [3.05, 3.63) is 40.6 Å². The SMILES string of the molecule is Brc1ccc2c(c1)C(Nc1cn[nH]c1)CCO2. The zero-order valence-electron chi connectivity index (χ0n) is 9.11. The first-order valence-electron chi connectivity index (χ1n) is 5.50. The number of halogens is 1. The molecule has 1 atom stereocenters. The van der Waals surface area contributed by atoms with Crippen molar-refractivity contribution in [3.8, 4) is 5.75 Å².